The molecule has 34 heavy (non-hydrogen) atoms. The minimum absolute atomic E-state index is 0.110. The summed E-state index contributed by atoms with van der Waals surface area (Å²) < 4.78 is 28.2. The lowest BCUT2D eigenvalue weighted by Crippen LogP contribution is -2.54. The number of anilines is 1. The van der Waals surface area contributed by atoms with E-state index in [0.717, 1.165) is 14.2 Å². The van der Waals surface area contributed by atoms with Crippen LogP contribution in [0.2, 0.25) is 5.02 Å². The molecule has 0 heterocycles. The van der Waals surface area contributed by atoms with Crippen LogP contribution >= 0.6 is 11.6 Å². The number of nitrogens with one attached hydrogen (secondary N) is 1. The zero-order valence-electron chi connectivity index (χ0n) is 20.4. The van der Waals surface area contributed by atoms with Gasteiger partial charge in [0.05, 0.1) is 5.69 Å². The Morgan fingerprint density at radius 2 is 1.56 bits per heavy atom. The molecule has 2 rings (SSSR count). The minimum atomic E-state index is -3.97. The molecule has 0 saturated carbocycles. The van der Waals surface area contributed by atoms with Gasteiger partial charge in [-0.3, -0.25) is 9.59 Å². The molecule has 1 N–H and O–H groups in total. The van der Waals surface area contributed by atoms with Gasteiger partial charge in [-0.1, -0.05) is 41.9 Å². The molecule has 0 radical (unpaired) electrons. The molecule has 0 aliphatic carbocycles. The predicted octanol–water partition coefficient (Wildman–Crippen LogP) is 3.28. The number of rotatable bonds is 9. The highest BCUT2D eigenvalue weighted by Gasteiger charge is 2.33. The standard InChI is InChI=1S/C24H33ClN4O4S/c1-18(23(31)26-24(2,3)4)28(16-19-12-14-20(25)15-13-19)22(30)17-29(34(32,33)27(5)6)21-10-8-7-9-11-21/h7-15,18H,16-17H2,1-6H3,(H,26,31)/t18-/m0/s1. The zero-order valence-corrected chi connectivity index (χ0v) is 22.0. The van der Waals surface area contributed by atoms with E-state index in [0.29, 0.717) is 10.7 Å². The van der Waals surface area contributed by atoms with E-state index in [-0.39, 0.29) is 12.5 Å². The molecule has 2 aromatic carbocycles. The Morgan fingerprint density at radius 3 is 2.06 bits per heavy atom. The summed E-state index contributed by atoms with van der Waals surface area (Å²) in [6, 6.07) is 14.5. The van der Waals surface area contributed by atoms with Gasteiger partial charge in [0, 0.05) is 31.2 Å². The van der Waals surface area contributed by atoms with Gasteiger partial charge >= 0.3 is 10.2 Å². The maximum absolute atomic E-state index is 13.6. The first-order valence-corrected chi connectivity index (χ1v) is 12.6. The SMILES string of the molecule is C[C@@H](C(=O)NC(C)(C)C)N(Cc1ccc(Cl)cc1)C(=O)CN(c1ccccc1)S(=O)(=O)N(C)C. The molecule has 0 aliphatic rings. The molecule has 0 unspecified atom stereocenters. The molecule has 0 aromatic heterocycles. The summed E-state index contributed by atoms with van der Waals surface area (Å²) in [7, 11) is -1.17. The Labute approximate surface area is 207 Å². The number of para-hydroxylation sites is 1. The number of benzene rings is 2. The van der Waals surface area contributed by atoms with Crippen molar-refractivity contribution in [1.29, 1.82) is 0 Å². The molecule has 2 aromatic rings. The van der Waals surface area contributed by atoms with E-state index in [1.54, 1.807) is 61.5 Å². The van der Waals surface area contributed by atoms with E-state index in [4.69, 9.17) is 11.6 Å². The summed E-state index contributed by atoms with van der Waals surface area (Å²) in [4.78, 5) is 27.9. The largest absolute Gasteiger partial charge is 0.350 e. The van der Waals surface area contributed by atoms with Crippen LogP contribution in [-0.2, 0) is 26.3 Å². The van der Waals surface area contributed by atoms with Crippen molar-refractivity contribution in [2.24, 2.45) is 0 Å². The number of carbonyl (C=O) groups is 2. The van der Waals surface area contributed by atoms with E-state index in [1.165, 1.54) is 19.0 Å². The van der Waals surface area contributed by atoms with Crippen LogP contribution in [0.5, 0.6) is 0 Å². The van der Waals surface area contributed by atoms with Crippen molar-refractivity contribution >= 4 is 39.3 Å². The first-order chi connectivity index (χ1) is 15.7. The van der Waals surface area contributed by atoms with Crippen LogP contribution in [0.4, 0.5) is 5.69 Å². The third-order valence-corrected chi connectivity index (χ3v) is 7.07. The summed E-state index contributed by atoms with van der Waals surface area (Å²) in [6.07, 6.45) is 0. The number of nitrogens with zero attached hydrogens (tertiary/aromatic N) is 3. The third-order valence-electron chi connectivity index (χ3n) is 4.99. The maximum Gasteiger partial charge on any atom is 0.304 e. The minimum Gasteiger partial charge on any atom is -0.350 e. The van der Waals surface area contributed by atoms with Crippen molar-refractivity contribution in [3.05, 3.63) is 65.2 Å². The summed E-state index contributed by atoms with van der Waals surface area (Å²) >= 11 is 5.99. The highest BCUT2D eigenvalue weighted by atomic mass is 35.5. The summed E-state index contributed by atoms with van der Waals surface area (Å²) in [6.45, 7) is 6.82. The van der Waals surface area contributed by atoms with Gasteiger partial charge in [-0.05, 0) is 57.5 Å². The maximum atomic E-state index is 13.6. The third kappa shape index (κ3) is 7.44. The van der Waals surface area contributed by atoms with E-state index in [1.807, 2.05) is 20.8 Å². The molecule has 0 bridgehead atoms. The normalized spacial score (nSPS) is 12.8. The lowest BCUT2D eigenvalue weighted by atomic mass is 10.1. The Bertz CT molecular complexity index is 1080. The van der Waals surface area contributed by atoms with Crippen LogP contribution in [0, 0.1) is 0 Å². The van der Waals surface area contributed by atoms with E-state index in [9.17, 15) is 18.0 Å². The summed E-state index contributed by atoms with van der Waals surface area (Å²) in [5.41, 5.74) is 0.614. The van der Waals surface area contributed by atoms with Gasteiger partial charge in [0.25, 0.3) is 0 Å². The number of amides is 2. The smallest absolute Gasteiger partial charge is 0.304 e. The molecular formula is C24H33ClN4O4S. The molecule has 8 nitrogen and oxygen atoms in total. The van der Waals surface area contributed by atoms with Gasteiger partial charge in [-0.15, -0.1) is 0 Å². The molecule has 0 spiro atoms. The lowest BCUT2D eigenvalue weighted by Gasteiger charge is -2.34. The van der Waals surface area contributed by atoms with Crippen LogP contribution in [0.25, 0.3) is 0 Å². The van der Waals surface area contributed by atoms with Crippen molar-refractivity contribution < 1.29 is 18.0 Å². The molecular weight excluding hydrogens is 476 g/mol. The Morgan fingerprint density at radius 1 is 1.00 bits per heavy atom. The quantitative estimate of drug-likeness (QED) is 0.562. The highest BCUT2D eigenvalue weighted by Crippen LogP contribution is 2.21. The van der Waals surface area contributed by atoms with Gasteiger partial charge in [-0.2, -0.15) is 12.7 Å². The number of hydrogen-bond donors (Lipinski definition) is 1. The van der Waals surface area contributed by atoms with Gasteiger partial charge in [0.1, 0.15) is 12.6 Å². The van der Waals surface area contributed by atoms with Crippen molar-refractivity contribution in [2.75, 3.05) is 24.9 Å². The number of hydrogen-bond acceptors (Lipinski definition) is 4. The summed E-state index contributed by atoms with van der Waals surface area (Å²) in [5, 5.41) is 3.44. The second-order valence-electron chi connectivity index (χ2n) is 9.20. The fraction of sp³-hybridized carbons (Fsp3) is 0.417. The fourth-order valence-corrected chi connectivity index (χ4v) is 4.34. The predicted molar refractivity (Wildman–Crippen MR) is 136 cm³/mol. The van der Waals surface area contributed by atoms with Crippen LogP contribution in [0.1, 0.15) is 33.3 Å². The molecule has 0 fully saturated rings. The topological polar surface area (TPSA) is 90.0 Å². The van der Waals surface area contributed by atoms with Gasteiger partial charge < -0.3 is 10.2 Å². The van der Waals surface area contributed by atoms with E-state index < -0.39 is 34.2 Å². The Balaban J connectivity index is 2.43. The number of carbonyl (C=O) groups excluding carboxylic acids is 2. The van der Waals surface area contributed by atoms with Crippen molar-refractivity contribution in [3.8, 4) is 0 Å². The molecule has 2 amide bonds. The Hall–Kier alpha value is -2.62. The second kappa shape index (κ2) is 11.2. The summed E-state index contributed by atoms with van der Waals surface area (Å²) in [5.74, 6) is -0.850. The molecule has 1 atom stereocenters. The molecule has 10 heteroatoms. The van der Waals surface area contributed by atoms with Gasteiger partial charge in [0.2, 0.25) is 11.8 Å². The lowest BCUT2D eigenvalue weighted by molar-refractivity contribution is -0.140. The average molecular weight is 509 g/mol. The number of halogens is 1. The van der Waals surface area contributed by atoms with Gasteiger partial charge in [0.15, 0.2) is 0 Å². The van der Waals surface area contributed by atoms with Crippen molar-refractivity contribution in [3.63, 3.8) is 0 Å². The first-order valence-electron chi connectivity index (χ1n) is 10.8. The van der Waals surface area contributed by atoms with Crippen LogP contribution in [0.15, 0.2) is 54.6 Å². The average Bonchev–Trinajstić information content (AvgIpc) is 2.75. The van der Waals surface area contributed by atoms with E-state index in [2.05, 4.69) is 5.32 Å². The van der Waals surface area contributed by atoms with Crippen LogP contribution in [-0.4, -0.2) is 61.7 Å². The monoisotopic (exact) mass is 508 g/mol. The van der Waals surface area contributed by atoms with Crippen molar-refractivity contribution in [2.45, 2.75) is 45.8 Å². The Kier molecular flexibility index (Phi) is 9.10. The van der Waals surface area contributed by atoms with Crippen LogP contribution < -0.4 is 9.62 Å². The van der Waals surface area contributed by atoms with E-state index >= 15 is 0 Å². The molecule has 0 aliphatic heterocycles. The highest BCUT2D eigenvalue weighted by molar-refractivity contribution is 7.90. The first kappa shape index (κ1) is 27.6. The van der Waals surface area contributed by atoms with Gasteiger partial charge in [-0.25, -0.2) is 4.31 Å². The van der Waals surface area contributed by atoms with Crippen molar-refractivity contribution in [1.82, 2.24) is 14.5 Å². The fourth-order valence-electron chi connectivity index (χ4n) is 3.15. The molecule has 186 valence electrons. The van der Waals surface area contributed by atoms with Crippen LogP contribution in [0.3, 0.4) is 0 Å². The molecule has 0 saturated heterocycles. The second-order valence-corrected chi connectivity index (χ2v) is 11.7. The zero-order chi connectivity index (χ0) is 25.7.